The van der Waals surface area contributed by atoms with Gasteiger partial charge in [0.05, 0.1) is 5.75 Å². The number of nitrogens with one attached hydrogen (secondary N) is 1. The van der Waals surface area contributed by atoms with E-state index in [-0.39, 0.29) is 11.7 Å². The number of anilines is 1. The molecule has 0 spiro atoms. The average molecular weight is 387 g/mol. The van der Waals surface area contributed by atoms with E-state index in [9.17, 15) is 4.79 Å². The Kier molecular flexibility index (Phi) is 6.30. The van der Waals surface area contributed by atoms with Crippen LogP contribution in [0.5, 0.6) is 0 Å². The summed E-state index contributed by atoms with van der Waals surface area (Å²) in [7, 11) is 0. The van der Waals surface area contributed by atoms with Gasteiger partial charge in [-0.1, -0.05) is 60.6 Å². The minimum absolute atomic E-state index is 0.0929. The molecule has 0 radical (unpaired) electrons. The Balaban J connectivity index is 1.68. The molecule has 0 fully saturated rings. The zero-order valence-electron chi connectivity index (χ0n) is 14.4. The van der Waals surface area contributed by atoms with Crippen LogP contribution in [0.1, 0.15) is 13.3 Å². The number of rotatable bonds is 7. The lowest BCUT2D eigenvalue weighted by Crippen LogP contribution is -2.14. The highest BCUT2D eigenvalue weighted by Crippen LogP contribution is 2.24. The van der Waals surface area contributed by atoms with E-state index < -0.39 is 0 Å². The molecule has 0 aliphatic heterocycles. The van der Waals surface area contributed by atoms with Crippen molar-refractivity contribution in [1.29, 1.82) is 0 Å². The van der Waals surface area contributed by atoms with Gasteiger partial charge in [-0.2, -0.15) is 0 Å². The van der Waals surface area contributed by atoms with Gasteiger partial charge in [-0.3, -0.25) is 4.79 Å². The van der Waals surface area contributed by atoms with Gasteiger partial charge in [0.1, 0.15) is 0 Å². The summed E-state index contributed by atoms with van der Waals surface area (Å²) in [4.78, 5) is 12.2. The summed E-state index contributed by atoms with van der Waals surface area (Å²) < 4.78 is 2.07. The second-order valence-electron chi connectivity index (χ2n) is 5.67. The van der Waals surface area contributed by atoms with E-state index in [0.29, 0.717) is 5.02 Å². The molecule has 0 aliphatic rings. The maximum absolute atomic E-state index is 12.2. The number of nitrogens with zero attached hydrogens (tertiary/aromatic N) is 3. The second kappa shape index (κ2) is 8.87. The van der Waals surface area contributed by atoms with Crippen LogP contribution in [-0.2, 0) is 11.3 Å². The summed E-state index contributed by atoms with van der Waals surface area (Å²) in [5, 5.41) is 12.8. The predicted octanol–water partition coefficient (Wildman–Crippen LogP) is 4.74. The van der Waals surface area contributed by atoms with E-state index >= 15 is 0 Å². The van der Waals surface area contributed by atoms with Crippen LogP contribution in [0.3, 0.4) is 0 Å². The fourth-order valence-electron chi connectivity index (χ4n) is 2.48. The average Bonchev–Trinajstić information content (AvgIpc) is 3.06. The lowest BCUT2D eigenvalue weighted by molar-refractivity contribution is -0.113. The van der Waals surface area contributed by atoms with E-state index in [0.717, 1.165) is 35.2 Å². The van der Waals surface area contributed by atoms with E-state index in [2.05, 4.69) is 27.0 Å². The van der Waals surface area contributed by atoms with Crippen LogP contribution in [0, 0.1) is 0 Å². The van der Waals surface area contributed by atoms with Crippen LogP contribution in [0.4, 0.5) is 5.69 Å². The lowest BCUT2D eigenvalue weighted by atomic mass is 10.2. The fourth-order valence-corrected chi connectivity index (χ4v) is 3.37. The molecule has 0 unspecified atom stereocenters. The number of hydrogen-bond donors (Lipinski definition) is 1. The normalized spacial score (nSPS) is 10.7. The first-order valence-electron chi connectivity index (χ1n) is 8.34. The highest BCUT2D eigenvalue weighted by molar-refractivity contribution is 7.99. The van der Waals surface area contributed by atoms with E-state index in [4.69, 9.17) is 11.6 Å². The largest absolute Gasteiger partial charge is 0.325 e. The Hall–Kier alpha value is -2.31. The number of amides is 1. The molecule has 0 aliphatic carbocycles. The molecule has 1 N–H and O–H groups in total. The Bertz CT molecular complexity index is 865. The van der Waals surface area contributed by atoms with Crippen LogP contribution in [0.25, 0.3) is 11.4 Å². The highest BCUT2D eigenvalue weighted by atomic mass is 35.5. The van der Waals surface area contributed by atoms with Gasteiger partial charge in [0.15, 0.2) is 11.0 Å². The molecule has 7 heteroatoms. The second-order valence-corrected chi connectivity index (χ2v) is 7.05. The van der Waals surface area contributed by atoms with Crippen molar-refractivity contribution in [1.82, 2.24) is 14.8 Å². The topological polar surface area (TPSA) is 59.8 Å². The summed E-state index contributed by atoms with van der Waals surface area (Å²) in [6.45, 7) is 2.91. The van der Waals surface area contributed by atoms with E-state index in [1.807, 2.05) is 30.3 Å². The number of aromatic nitrogens is 3. The molecule has 3 rings (SSSR count). The maximum Gasteiger partial charge on any atom is 0.234 e. The number of hydrogen-bond acceptors (Lipinski definition) is 4. The van der Waals surface area contributed by atoms with Crippen molar-refractivity contribution in [3.05, 3.63) is 59.6 Å². The third-order valence-corrected chi connectivity index (χ3v) is 4.88. The minimum atomic E-state index is -0.0929. The monoisotopic (exact) mass is 386 g/mol. The molecular weight excluding hydrogens is 368 g/mol. The van der Waals surface area contributed by atoms with Gasteiger partial charge in [-0.05, 0) is 30.7 Å². The molecule has 0 saturated carbocycles. The fraction of sp³-hybridized carbons (Fsp3) is 0.211. The van der Waals surface area contributed by atoms with Gasteiger partial charge in [-0.25, -0.2) is 0 Å². The maximum atomic E-state index is 12.2. The Labute approximate surface area is 161 Å². The molecule has 0 bridgehead atoms. The van der Waals surface area contributed by atoms with Crippen molar-refractivity contribution in [3.8, 4) is 11.4 Å². The van der Waals surface area contributed by atoms with Crippen LogP contribution in [-0.4, -0.2) is 26.4 Å². The highest BCUT2D eigenvalue weighted by Gasteiger charge is 2.15. The Morgan fingerprint density at radius 1 is 1.12 bits per heavy atom. The summed E-state index contributed by atoms with van der Waals surface area (Å²) in [6.07, 6.45) is 0.961. The van der Waals surface area contributed by atoms with E-state index in [1.54, 1.807) is 24.3 Å². The molecular formula is C19H19ClN4OS. The summed E-state index contributed by atoms with van der Waals surface area (Å²) in [6, 6.07) is 17.0. The molecule has 1 aromatic heterocycles. The summed E-state index contributed by atoms with van der Waals surface area (Å²) in [5.74, 6) is 0.997. The number of carbonyl (C=O) groups excluding carboxylic acids is 1. The lowest BCUT2D eigenvalue weighted by Gasteiger charge is -2.09. The van der Waals surface area contributed by atoms with E-state index in [1.165, 1.54) is 11.8 Å². The SMILES string of the molecule is CCCn1c(SCC(=O)Nc2ccc(Cl)cc2)nnc1-c1ccccc1. The van der Waals surface area contributed by atoms with Crippen LogP contribution < -0.4 is 5.32 Å². The van der Waals surface area contributed by atoms with Crippen LogP contribution >= 0.6 is 23.4 Å². The van der Waals surface area contributed by atoms with Crippen molar-refractivity contribution in [2.24, 2.45) is 0 Å². The number of benzene rings is 2. The van der Waals surface area contributed by atoms with Gasteiger partial charge < -0.3 is 9.88 Å². The van der Waals surface area contributed by atoms with Crippen molar-refractivity contribution < 1.29 is 4.79 Å². The van der Waals surface area contributed by atoms with Crippen molar-refractivity contribution >= 4 is 35.0 Å². The zero-order chi connectivity index (χ0) is 18.4. The standard InChI is InChI=1S/C19H19ClN4OS/c1-2-12-24-18(14-6-4-3-5-7-14)22-23-19(24)26-13-17(25)21-16-10-8-15(20)9-11-16/h3-11H,2,12-13H2,1H3,(H,21,25). The van der Waals surface area contributed by atoms with Crippen molar-refractivity contribution in [2.75, 3.05) is 11.1 Å². The first-order chi connectivity index (χ1) is 12.7. The van der Waals surface area contributed by atoms with Gasteiger partial charge in [0, 0.05) is 22.8 Å². The Morgan fingerprint density at radius 3 is 2.54 bits per heavy atom. The minimum Gasteiger partial charge on any atom is -0.325 e. The molecule has 134 valence electrons. The molecule has 0 saturated heterocycles. The molecule has 5 nitrogen and oxygen atoms in total. The zero-order valence-corrected chi connectivity index (χ0v) is 15.9. The quantitative estimate of drug-likeness (QED) is 0.596. The van der Waals surface area contributed by atoms with Crippen LogP contribution in [0.2, 0.25) is 5.02 Å². The van der Waals surface area contributed by atoms with Crippen molar-refractivity contribution in [3.63, 3.8) is 0 Å². The Morgan fingerprint density at radius 2 is 1.85 bits per heavy atom. The van der Waals surface area contributed by atoms with Crippen LogP contribution in [0.15, 0.2) is 59.8 Å². The molecule has 1 amide bonds. The number of carbonyl (C=O) groups is 1. The third-order valence-electron chi connectivity index (χ3n) is 3.66. The number of thioether (sulfide) groups is 1. The molecule has 26 heavy (non-hydrogen) atoms. The van der Waals surface area contributed by atoms with Gasteiger partial charge in [-0.15, -0.1) is 10.2 Å². The van der Waals surface area contributed by atoms with Gasteiger partial charge in [0.25, 0.3) is 0 Å². The molecule has 3 aromatic rings. The number of halogens is 1. The predicted molar refractivity (Wildman–Crippen MR) is 107 cm³/mol. The first-order valence-corrected chi connectivity index (χ1v) is 9.70. The molecule has 1 heterocycles. The smallest absolute Gasteiger partial charge is 0.234 e. The molecule has 0 atom stereocenters. The first kappa shape index (κ1) is 18.5. The summed E-state index contributed by atoms with van der Waals surface area (Å²) in [5.41, 5.74) is 1.74. The summed E-state index contributed by atoms with van der Waals surface area (Å²) >= 11 is 7.24. The van der Waals surface area contributed by atoms with Gasteiger partial charge >= 0.3 is 0 Å². The van der Waals surface area contributed by atoms with Crippen molar-refractivity contribution in [2.45, 2.75) is 25.0 Å². The third kappa shape index (κ3) is 4.65. The molecule has 2 aromatic carbocycles. The van der Waals surface area contributed by atoms with Gasteiger partial charge in [0.2, 0.25) is 5.91 Å².